The number of aliphatic hydroxyl groups excluding tert-OH is 1. The first-order valence-corrected chi connectivity index (χ1v) is 18.0. The van der Waals surface area contributed by atoms with Crippen LogP contribution in [0, 0.1) is 0 Å². The first kappa shape index (κ1) is 41.2. The fraction of sp³-hybridized carbons (Fsp3) is 0.758. The van der Waals surface area contributed by atoms with Gasteiger partial charge in [0.2, 0.25) is 5.91 Å². The number of aliphatic hydroxyl groups is 1. The fourth-order valence-corrected chi connectivity index (χ4v) is 4.83. The van der Waals surface area contributed by atoms with Crippen molar-refractivity contribution in [3.8, 4) is 0 Å². The van der Waals surface area contributed by atoms with Crippen LogP contribution in [-0.2, 0) is 27.9 Å². The van der Waals surface area contributed by atoms with Crippen LogP contribution in [0.15, 0.2) is 36.5 Å². The van der Waals surface area contributed by atoms with Crippen molar-refractivity contribution in [1.29, 1.82) is 0 Å². The highest BCUT2D eigenvalue weighted by atomic mass is 31.2. The third kappa shape index (κ3) is 31.5. The van der Waals surface area contributed by atoms with Crippen LogP contribution in [0.1, 0.15) is 129 Å². The zero-order valence-electron chi connectivity index (χ0n) is 26.9. The Labute approximate surface area is 261 Å². The van der Waals surface area contributed by atoms with Gasteiger partial charge in [-0.2, -0.15) is 0 Å². The standard InChI is InChI=1S/C33H60NO8P/c1-3-5-6-7-8-9-10-11-12-13-14-15-16-17-18-19-20-21-22-23-24-26-32(36)34-27-28-41-43(38,39)42-30-31(35)29-40-33(37)25-4-2/h8-9,11-12,14-15,31,35H,3-7,10,13,16-30H2,1-2H3,(H,34,36)(H,38,39)/b9-8-,12-11-,15-14-. The monoisotopic (exact) mass is 629 g/mol. The topological polar surface area (TPSA) is 131 Å². The number of hydrogen-bond donors (Lipinski definition) is 3. The second-order valence-corrected chi connectivity index (χ2v) is 12.2. The van der Waals surface area contributed by atoms with Gasteiger partial charge >= 0.3 is 13.8 Å². The maximum absolute atomic E-state index is 11.9. The first-order valence-electron chi connectivity index (χ1n) is 16.5. The van der Waals surface area contributed by atoms with Gasteiger partial charge in [0, 0.05) is 19.4 Å². The Morgan fingerprint density at radius 2 is 1.28 bits per heavy atom. The summed E-state index contributed by atoms with van der Waals surface area (Å²) < 4.78 is 26.1. The van der Waals surface area contributed by atoms with E-state index in [0.717, 1.165) is 38.5 Å². The zero-order chi connectivity index (χ0) is 31.9. The maximum atomic E-state index is 11.9. The number of phosphoric acid groups is 1. The van der Waals surface area contributed by atoms with Crippen LogP contribution in [-0.4, -0.2) is 54.3 Å². The first-order chi connectivity index (χ1) is 20.8. The molecular weight excluding hydrogens is 569 g/mol. The number of esters is 1. The maximum Gasteiger partial charge on any atom is 0.472 e. The van der Waals surface area contributed by atoms with Crippen LogP contribution in [0.3, 0.4) is 0 Å². The minimum absolute atomic E-state index is 0.0761. The van der Waals surface area contributed by atoms with E-state index in [-0.39, 0.29) is 32.1 Å². The van der Waals surface area contributed by atoms with Gasteiger partial charge in [-0.05, 0) is 51.4 Å². The summed E-state index contributed by atoms with van der Waals surface area (Å²) in [5, 5.41) is 12.3. The van der Waals surface area contributed by atoms with Crippen LogP contribution in [0.2, 0.25) is 0 Å². The number of carbonyl (C=O) groups excluding carboxylic acids is 2. The van der Waals surface area contributed by atoms with Crippen molar-refractivity contribution in [2.45, 2.75) is 136 Å². The third-order valence-electron chi connectivity index (χ3n) is 6.54. The van der Waals surface area contributed by atoms with Gasteiger partial charge in [0.1, 0.15) is 12.7 Å². The molecule has 0 spiro atoms. The van der Waals surface area contributed by atoms with Crippen molar-refractivity contribution in [2.75, 3.05) is 26.4 Å². The molecule has 0 heterocycles. The molecule has 0 bridgehead atoms. The van der Waals surface area contributed by atoms with Crippen LogP contribution in [0.25, 0.3) is 0 Å². The quantitative estimate of drug-likeness (QED) is 0.0317. The fourth-order valence-electron chi connectivity index (χ4n) is 4.07. The van der Waals surface area contributed by atoms with Crippen LogP contribution in [0.4, 0.5) is 0 Å². The van der Waals surface area contributed by atoms with E-state index in [4.69, 9.17) is 13.8 Å². The molecule has 0 radical (unpaired) electrons. The minimum Gasteiger partial charge on any atom is -0.463 e. The SMILES string of the molecule is CCCCC/C=C\C/C=C\C/C=C\CCCCCCCCCCC(=O)NCCOP(=O)(O)OCC(O)COC(=O)CCC. The van der Waals surface area contributed by atoms with Gasteiger partial charge in [-0.1, -0.05) is 102 Å². The Bertz CT molecular complexity index is 815. The number of phosphoric ester groups is 1. The van der Waals surface area contributed by atoms with Gasteiger partial charge in [0.05, 0.1) is 13.2 Å². The highest BCUT2D eigenvalue weighted by Gasteiger charge is 2.23. The number of amides is 1. The molecule has 250 valence electrons. The zero-order valence-corrected chi connectivity index (χ0v) is 27.8. The van der Waals surface area contributed by atoms with Crippen molar-refractivity contribution >= 4 is 19.7 Å². The van der Waals surface area contributed by atoms with E-state index < -0.39 is 26.5 Å². The largest absolute Gasteiger partial charge is 0.472 e. The molecule has 0 aliphatic heterocycles. The smallest absolute Gasteiger partial charge is 0.463 e. The molecule has 1 amide bonds. The summed E-state index contributed by atoms with van der Waals surface area (Å²) in [6.45, 7) is 3.08. The summed E-state index contributed by atoms with van der Waals surface area (Å²) in [6, 6.07) is 0. The molecule has 0 aromatic heterocycles. The lowest BCUT2D eigenvalue weighted by Crippen LogP contribution is -2.27. The molecule has 0 rings (SSSR count). The van der Waals surface area contributed by atoms with E-state index >= 15 is 0 Å². The number of hydrogen-bond acceptors (Lipinski definition) is 7. The molecule has 43 heavy (non-hydrogen) atoms. The van der Waals surface area contributed by atoms with E-state index in [1.54, 1.807) is 0 Å². The third-order valence-corrected chi connectivity index (χ3v) is 7.53. The second-order valence-electron chi connectivity index (χ2n) is 10.8. The van der Waals surface area contributed by atoms with Crippen molar-refractivity contribution in [3.63, 3.8) is 0 Å². The van der Waals surface area contributed by atoms with Gasteiger partial charge in [-0.3, -0.25) is 18.6 Å². The molecule has 0 aromatic rings. The van der Waals surface area contributed by atoms with E-state index in [1.807, 2.05) is 6.92 Å². The highest BCUT2D eigenvalue weighted by Crippen LogP contribution is 2.42. The Morgan fingerprint density at radius 1 is 0.721 bits per heavy atom. The number of allylic oxidation sites excluding steroid dienone is 6. The Kier molecular flexibility index (Phi) is 29.0. The summed E-state index contributed by atoms with van der Waals surface area (Å²) in [5.41, 5.74) is 0. The molecule has 9 nitrogen and oxygen atoms in total. The van der Waals surface area contributed by atoms with E-state index in [0.29, 0.717) is 12.8 Å². The van der Waals surface area contributed by atoms with Crippen LogP contribution >= 0.6 is 7.82 Å². The van der Waals surface area contributed by atoms with Crippen LogP contribution < -0.4 is 5.32 Å². The van der Waals surface area contributed by atoms with E-state index in [2.05, 4.69) is 48.7 Å². The summed E-state index contributed by atoms with van der Waals surface area (Å²) in [5.74, 6) is -0.582. The predicted molar refractivity (Wildman–Crippen MR) is 174 cm³/mol. The molecule has 0 aliphatic rings. The van der Waals surface area contributed by atoms with Crippen molar-refractivity contribution in [1.82, 2.24) is 5.32 Å². The van der Waals surface area contributed by atoms with Gasteiger partial charge in [0.15, 0.2) is 0 Å². The molecule has 2 unspecified atom stereocenters. The molecule has 2 atom stereocenters. The van der Waals surface area contributed by atoms with Crippen molar-refractivity contribution in [3.05, 3.63) is 36.5 Å². The Morgan fingerprint density at radius 3 is 1.88 bits per heavy atom. The average Bonchev–Trinajstić information content (AvgIpc) is 2.98. The number of unbranched alkanes of at least 4 members (excludes halogenated alkanes) is 11. The lowest BCUT2D eigenvalue weighted by atomic mass is 10.1. The second kappa shape index (κ2) is 30.3. The van der Waals surface area contributed by atoms with Gasteiger partial charge < -0.3 is 20.1 Å². The van der Waals surface area contributed by atoms with Gasteiger partial charge in [-0.15, -0.1) is 0 Å². The van der Waals surface area contributed by atoms with Crippen molar-refractivity contribution in [2.24, 2.45) is 0 Å². The predicted octanol–water partition coefficient (Wildman–Crippen LogP) is 7.87. The average molecular weight is 630 g/mol. The minimum atomic E-state index is -4.39. The highest BCUT2D eigenvalue weighted by molar-refractivity contribution is 7.47. The van der Waals surface area contributed by atoms with Crippen molar-refractivity contribution < 1.29 is 37.9 Å². The van der Waals surface area contributed by atoms with Crippen LogP contribution in [0.5, 0.6) is 0 Å². The molecule has 10 heteroatoms. The lowest BCUT2D eigenvalue weighted by molar-refractivity contribution is -0.147. The molecule has 0 saturated heterocycles. The summed E-state index contributed by atoms with van der Waals surface area (Å²) in [6.07, 6.45) is 31.0. The molecule has 0 aliphatic carbocycles. The summed E-state index contributed by atoms with van der Waals surface area (Å²) >= 11 is 0. The number of carbonyl (C=O) groups is 2. The summed E-state index contributed by atoms with van der Waals surface area (Å²) in [7, 11) is -4.39. The normalized spacial score (nSPS) is 14.0. The molecule has 0 fully saturated rings. The number of rotatable bonds is 30. The lowest BCUT2D eigenvalue weighted by Gasteiger charge is -2.15. The van der Waals surface area contributed by atoms with Gasteiger partial charge in [0.25, 0.3) is 0 Å². The van der Waals surface area contributed by atoms with Gasteiger partial charge in [-0.25, -0.2) is 4.57 Å². The molecule has 0 aromatic carbocycles. The van der Waals surface area contributed by atoms with E-state index in [1.165, 1.54) is 57.8 Å². The molecule has 0 saturated carbocycles. The summed E-state index contributed by atoms with van der Waals surface area (Å²) in [4.78, 5) is 32.9. The van der Waals surface area contributed by atoms with E-state index in [9.17, 15) is 24.2 Å². The Balaban J connectivity index is 3.55. The molecular formula is C33H60NO8P. The number of nitrogens with one attached hydrogen (secondary N) is 1. The number of ether oxygens (including phenoxy) is 1. The molecule has 3 N–H and O–H groups in total. The Hall–Kier alpha value is -1.77.